The highest BCUT2D eigenvalue weighted by Gasteiger charge is 2.21. The molecular formula is C12H11F2NO3S2. The van der Waals surface area contributed by atoms with E-state index in [0.29, 0.717) is 11.6 Å². The third-order valence-corrected chi connectivity index (χ3v) is 4.72. The first-order chi connectivity index (χ1) is 9.40. The molecule has 0 spiro atoms. The summed E-state index contributed by atoms with van der Waals surface area (Å²) in [5.74, 6) is -1.91. The fraction of sp³-hybridized carbons (Fsp3) is 0.167. The Balaban J connectivity index is 2.13. The number of aliphatic hydroxyl groups excluding tert-OH is 1. The maximum absolute atomic E-state index is 13.4. The number of rotatable bonds is 5. The van der Waals surface area contributed by atoms with Crippen molar-refractivity contribution in [1.82, 2.24) is 4.72 Å². The molecule has 0 saturated heterocycles. The number of hydrogen-bond acceptors (Lipinski definition) is 4. The number of thiophene rings is 1. The number of sulfonamides is 1. The first-order valence-electron chi connectivity index (χ1n) is 5.55. The van der Waals surface area contributed by atoms with E-state index in [1.807, 2.05) is 0 Å². The summed E-state index contributed by atoms with van der Waals surface area (Å²) < 4.78 is 52.2. The van der Waals surface area contributed by atoms with Gasteiger partial charge in [0.2, 0.25) is 10.0 Å². The lowest BCUT2D eigenvalue weighted by atomic mass is 10.2. The maximum Gasteiger partial charge on any atom is 0.243 e. The van der Waals surface area contributed by atoms with Crippen LogP contribution in [0.4, 0.5) is 8.78 Å². The highest BCUT2D eigenvalue weighted by atomic mass is 32.2. The van der Waals surface area contributed by atoms with Crippen LogP contribution in [0.25, 0.3) is 0 Å². The minimum absolute atomic E-state index is 0.324. The van der Waals surface area contributed by atoms with E-state index in [2.05, 4.69) is 4.72 Å². The van der Waals surface area contributed by atoms with Crippen molar-refractivity contribution in [2.75, 3.05) is 6.54 Å². The van der Waals surface area contributed by atoms with Crippen LogP contribution in [0, 0.1) is 11.6 Å². The molecule has 0 fully saturated rings. The van der Waals surface area contributed by atoms with Gasteiger partial charge in [0.15, 0.2) is 0 Å². The molecule has 1 aromatic heterocycles. The zero-order chi connectivity index (χ0) is 14.8. The minimum atomic E-state index is -4.22. The van der Waals surface area contributed by atoms with Gasteiger partial charge in [0, 0.05) is 6.54 Å². The third kappa shape index (κ3) is 3.40. The number of hydrogen-bond donors (Lipinski definition) is 2. The van der Waals surface area contributed by atoms with Crippen LogP contribution in [0.1, 0.15) is 11.7 Å². The maximum atomic E-state index is 13.4. The van der Waals surface area contributed by atoms with Crippen molar-refractivity contribution < 1.29 is 22.3 Å². The summed E-state index contributed by atoms with van der Waals surface area (Å²) in [5.41, 5.74) is 0.553. The van der Waals surface area contributed by atoms with E-state index in [1.165, 1.54) is 11.3 Å². The molecular weight excluding hydrogens is 308 g/mol. The number of benzene rings is 1. The van der Waals surface area contributed by atoms with Crippen LogP contribution in [0.3, 0.4) is 0 Å². The number of aliphatic hydroxyl groups is 1. The van der Waals surface area contributed by atoms with Crippen molar-refractivity contribution in [3.05, 3.63) is 52.2 Å². The summed E-state index contributed by atoms with van der Waals surface area (Å²) in [4.78, 5) is -0.782. The monoisotopic (exact) mass is 319 g/mol. The Morgan fingerprint density at radius 1 is 1.30 bits per heavy atom. The van der Waals surface area contributed by atoms with Gasteiger partial charge in [-0.15, -0.1) is 0 Å². The first-order valence-corrected chi connectivity index (χ1v) is 7.97. The lowest BCUT2D eigenvalue weighted by Crippen LogP contribution is -2.29. The fourth-order valence-corrected chi connectivity index (χ4v) is 3.36. The molecule has 0 saturated carbocycles. The summed E-state index contributed by atoms with van der Waals surface area (Å²) in [6, 6.07) is 3.80. The van der Waals surface area contributed by atoms with Gasteiger partial charge in [-0.25, -0.2) is 21.9 Å². The lowest BCUT2D eigenvalue weighted by Gasteiger charge is -2.11. The van der Waals surface area contributed by atoms with Gasteiger partial charge in [-0.2, -0.15) is 11.3 Å². The average molecular weight is 319 g/mol. The van der Waals surface area contributed by atoms with Crippen molar-refractivity contribution in [1.29, 1.82) is 0 Å². The van der Waals surface area contributed by atoms with Gasteiger partial charge in [0.25, 0.3) is 0 Å². The van der Waals surface area contributed by atoms with Crippen molar-refractivity contribution >= 4 is 21.4 Å². The second kappa shape index (κ2) is 5.96. The van der Waals surface area contributed by atoms with Gasteiger partial charge in [-0.3, -0.25) is 0 Å². The molecule has 0 aliphatic heterocycles. The van der Waals surface area contributed by atoms with Gasteiger partial charge in [0.1, 0.15) is 16.5 Å². The Morgan fingerprint density at radius 3 is 2.70 bits per heavy atom. The van der Waals surface area contributed by atoms with Crippen LogP contribution in [0.15, 0.2) is 39.9 Å². The second-order valence-electron chi connectivity index (χ2n) is 4.00. The molecule has 1 heterocycles. The Morgan fingerprint density at radius 2 is 2.05 bits per heavy atom. The lowest BCUT2D eigenvalue weighted by molar-refractivity contribution is 0.182. The van der Waals surface area contributed by atoms with Crippen molar-refractivity contribution in [2.45, 2.75) is 11.0 Å². The average Bonchev–Trinajstić information content (AvgIpc) is 2.93. The van der Waals surface area contributed by atoms with Crippen LogP contribution in [0.5, 0.6) is 0 Å². The predicted octanol–water partition coefficient (Wildman–Crippen LogP) is 2.04. The van der Waals surface area contributed by atoms with Crippen molar-refractivity contribution in [3.8, 4) is 0 Å². The predicted molar refractivity (Wildman–Crippen MR) is 70.8 cm³/mol. The Bertz CT molecular complexity index is 687. The number of halogens is 2. The second-order valence-corrected chi connectivity index (χ2v) is 6.51. The summed E-state index contributed by atoms with van der Waals surface area (Å²) >= 11 is 1.36. The van der Waals surface area contributed by atoms with Crippen LogP contribution >= 0.6 is 11.3 Å². The molecule has 0 aliphatic carbocycles. The highest BCUT2D eigenvalue weighted by Crippen LogP contribution is 2.18. The van der Waals surface area contributed by atoms with Crippen LogP contribution in [-0.4, -0.2) is 20.1 Å². The van der Waals surface area contributed by atoms with Gasteiger partial charge in [0.05, 0.1) is 6.10 Å². The van der Waals surface area contributed by atoms with Crippen LogP contribution < -0.4 is 4.72 Å². The molecule has 108 valence electrons. The minimum Gasteiger partial charge on any atom is -0.387 e. The molecule has 0 radical (unpaired) electrons. The van der Waals surface area contributed by atoms with Crippen molar-refractivity contribution in [2.24, 2.45) is 0 Å². The zero-order valence-corrected chi connectivity index (χ0v) is 11.7. The molecule has 8 heteroatoms. The molecule has 2 aromatic rings. The molecule has 2 rings (SSSR count). The van der Waals surface area contributed by atoms with Crippen LogP contribution in [0.2, 0.25) is 0 Å². The molecule has 1 unspecified atom stereocenters. The molecule has 0 bridgehead atoms. The van der Waals surface area contributed by atoms with Gasteiger partial charge in [-0.05, 0) is 40.6 Å². The van der Waals surface area contributed by atoms with Crippen molar-refractivity contribution in [3.63, 3.8) is 0 Å². The topological polar surface area (TPSA) is 66.4 Å². The highest BCUT2D eigenvalue weighted by molar-refractivity contribution is 7.89. The molecule has 0 aliphatic rings. The van der Waals surface area contributed by atoms with E-state index in [-0.39, 0.29) is 6.54 Å². The van der Waals surface area contributed by atoms with E-state index in [0.717, 1.165) is 12.1 Å². The van der Waals surface area contributed by atoms with Crippen LogP contribution in [-0.2, 0) is 10.0 Å². The molecule has 1 atom stereocenters. The van der Waals surface area contributed by atoms with E-state index in [4.69, 9.17) is 0 Å². The van der Waals surface area contributed by atoms with Gasteiger partial charge >= 0.3 is 0 Å². The first kappa shape index (κ1) is 15.0. The van der Waals surface area contributed by atoms with E-state index < -0.39 is 32.7 Å². The zero-order valence-electron chi connectivity index (χ0n) is 10.1. The summed E-state index contributed by atoms with van der Waals surface area (Å²) in [7, 11) is -4.22. The summed E-state index contributed by atoms with van der Waals surface area (Å²) in [6.45, 7) is -0.324. The molecule has 0 amide bonds. The smallest absolute Gasteiger partial charge is 0.243 e. The standard InChI is InChI=1S/C12H11F2NO3S2/c13-9-1-2-10(14)12(5-9)20(17,18)15-6-11(16)8-3-4-19-7-8/h1-5,7,11,15-16H,6H2. The largest absolute Gasteiger partial charge is 0.387 e. The summed E-state index contributed by atoms with van der Waals surface area (Å²) in [5, 5.41) is 13.2. The fourth-order valence-electron chi connectivity index (χ4n) is 1.53. The van der Waals surface area contributed by atoms with E-state index in [1.54, 1.807) is 16.8 Å². The normalized spacial score (nSPS) is 13.3. The van der Waals surface area contributed by atoms with E-state index in [9.17, 15) is 22.3 Å². The molecule has 2 N–H and O–H groups in total. The molecule has 1 aromatic carbocycles. The van der Waals surface area contributed by atoms with Gasteiger partial charge < -0.3 is 5.11 Å². The molecule has 20 heavy (non-hydrogen) atoms. The third-order valence-electron chi connectivity index (χ3n) is 2.58. The Kier molecular flexibility index (Phi) is 4.48. The quantitative estimate of drug-likeness (QED) is 0.886. The van der Waals surface area contributed by atoms with Gasteiger partial charge in [-0.1, -0.05) is 0 Å². The SMILES string of the molecule is O=S(=O)(NCC(O)c1ccsc1)c1cc(F)ccc1F. The summed E-state index contributed by atoms with van der Waals surface area (Å²) in [6.07, 6.45) is -1.05. The Labute approximate surface area is 118 Å². The molecule has 4 nitrogen and oxygen atoms in total. The number of nitrogens with one attached hydrogen (secondary N) is 1. The van der Waals surface area contributed by atoms with E-state index >= 15 is 0 Å². The Hall–Kier alpha value is -1.35.